The van der Waals surface area contributed by atoms with Gasteiger partial charge in [0.25, 0.3) is 0 Å². The summed E-state index contributed by atoms with van der Waals surface area (Å²) in [4.78, 5) is 7.78. The van der Waals surface area contributed by atoms with Crippen LogP contribution in [0.3, 0.4) is 0 Å². The van der Waals surface area contributed by atoms with Gasteiger partial charge >= 0.3 is 6.18 Å². The Morgan fingerprint density at radius 1 is 0.727 bits per heavy atom. The minimum Gasteiger partial charge on any atom is -0.265 e. The summed E-state index contributed by atoms with van der Waals surface area (Å²) in [6.07, 6.45) is 1.65. The van der Waals surface area contributed by atoms with E-state index < -0.39 is 11.7 Å². The molecule has 5 heteroatoms. The Hall–Kier alpha value is -2.69. The summed E-state index contributed by atoms with van der Waals surface area (Å²) < 4.78 is 40.2. The topological polar surface area (TPSA) is 25.8 Å². The van der Waals surface area contributed by atoms with Crippen molar-refractivity contribution >= 4 is 0 Å². The highest BCUT2D eigenvalue weighted by Gasteiger charge is 2.34. The molecular formula is C17H11F3N2. The third-order valence-electron chi connectivity index (χ3n) is 3.31. The predicted molar refractivity (Wildman–Crippen MR) is 77.9 cm³/mol. The molecule has 0 unspecified atom stereocenters. The van der Waals surface area contributed by atoms with Crippen molar-refractivity contribution in [2.45, 2.75) is 6.18 Å². The second kappa shape index (κ2) is 5.60. The number of nitrogens with zero attached hydrogens (tertiary/aromatic N) is 2. The molecule has 0 radical (unpaired) electrons. The van der Waals surface area contributed by atoms with E-state index in [0.29, 0.717) is 16.7 Å². The molecule has 0 aliphatic carbocycles. The zero-order valence-electron chi connectivity index (χ0n) is 11.4. The van der Waals surface area contributed by atoms with Crippen LogP contribution in [0.1, 0.15) is 5.56 Å². The molecule has 0 aliphatic heterocycles. The molecule has 110 valence electrons. The maximum atomic E-state index is 13.4. The van der Waals surface area contributed by atoms with Crippen molar-refractivity contribution in [2.24, 2.45) is 0 Å². The molecule has 0 bridgehead atoms. The van der Waals surface area contributed by atoms with Gasteiger partial charge in [-0.3, -0.25) is 9.97 Å². The molecule has 0 fully saturated rings. The van der Waals surface area contributed by atoms with Crippen LogP contribution in [-0.4, -0.2) is 9.97 Å². The fraction of sp³-hybridized carbons (Fsp3) is 0.0588. The third-order valence-corrected chi connectivity index (χ3v) is 3.31. The van der Waals surface area contributed by atoms with Crippen molar-refractivity contribution in [1.29, 1.82) is 0 Å². The van der Waals surface area contributed by atoms with Crippen LogP contribution < -0.4 is 0 Å². The summed E-state index contributed by atoms with van der Waals surface area (Å²) in [6, 6.07) is 10.9. The number of hydrogen-bond donors (Lipinski definition) is 0. The minimum atomic E-state index is -4.43. The lowest BCUT2D eigenvalue weighted by molar-refractivity contribution is -0.137. The molecule has 0 spiro atoms. The Morgan fingerprint density at radius 2 is 1.50 bits per heavy atom. The Morgan fingerprint density at radius 3 is 2.14 bits per heavy atom. The second-order valence-electron chi connectivity index (χ2n) is 4.74. The van der Waals surface area contributed by atoms with Crippen LogP contribution in [0.4, 0.5) is 13.2 Å². The second-order valence-corrected chi connectivity index (χ2v) is 4.74. The molecular weight excluding hydrogens is 289 g/mol. The van der Waals surface area contributed by atoms with Gasteiger partial charge in [-0.2, -0.15) is 13.2 Å². The van der Waals surface area contributed by atoms with Crippen molar-refractivity contribution in [1.82, 2.24) is 9.97 Å². The van der Waals surface area contributed by atoms with Gasteiger partial charge in [0, 0.05) is 30.4 Å². The van der Waals surface area contributed by atoms with Gasteiger partial charge in [-0.1, -0.05) is 18.2 Å². The first-order chi connectivity index (χ1) is 10.6. The summed E-state index contributed by atoms with van der Waals surface area (Å²) in [5.41, 5.74) is 1.09. The van der Waals surface area contributed by atoms with E-state index >= 15 is 0 Å². The minimum absolute atomic E-state index is 0.141. The van der Waals surface area contributed by atoms with Crippen LogP contribution in [0.2, 0.25) is 0 Å². The summed E-state index contributed by atoms with van der Waals surface area (Å²) in [5, 5.41) is 0. The zero-order valence-corrected chi connectivity index (χ0v) is 11.4. The average molecular weight is 300 g/mol. The Kier molecular flexibility index (Phi) is 3.63. The molecule has 3 aromatic rings. The lowest BCUT2D eigenvalue weighted by atomic mass is 9.95. The van der Waals surface area contributed by atoms with E-state index in [4.69, 9.17) is 0 Å². The summed E-state index contributed by atoms with van der Waals surface area (Å²) in [5.74, 6) is 0. The Bertz CT molecular complexity index is 769. The van der Waals surface area contributed by atoms with E-state index in [2.05, 4.69) is 9.97 Å². The van der Waals surface area contributed by atoms with Gasteiger partial charge in [0.1, 0.15) is 0 Å². The van der Waals surface area contributed by atoms with Crippen molar-refractivity contribution in [3.8, 4) is 22.3 Å². The van der Waals surface area contributed by atoms with E-state index in [-0.39, 0.29) is 5.56 Å². The molecule has 2 heterocycles. The van der Waals surface area contributed by atoms with E-state index in [1.165, 1.54) is 18.5 Å². The highest BCUT2D eigenvalue weighted by Crippen LogP contribution is 2.39. The maximum absolute atomic E-state index is 13.4. The van der Waals surface area contributed by atoms with Crippen LogP contribution in [-0.2, 0) is 6.18 Å². The van der Waals surface area contributed by atoms with E-state index in [1.807, 2.05) is 0 Å². The molecule has 0 saturated heterocycles. The lowest BCUT2D eigenvalue weighted by Gasteiger charge is -2.15. The number of halogens is 3. The quantitative estimate of drug-likeness (QED) is 0.677. The Balaban J connectivity index is 2.17. The number of rotatable bonds is 2. The van der Waals surface area contributed by atoms with Crippen LogP contribution in [0, 0.1) is 0 Å². The van der Waals surface area contributed by atoms with Gasteiger partial charge in [-0.25, -0.2) is 0 Å². The van der Waals surface area contributed by atoms with Crippen molar-refractivity contribution in [3.63, 3.8) is 0 Å². The SMILES string of the molecule is FC(F)(F)c1cc(-c2cccnc2)ccc1-c1ccncc1. The normalized spacial score (nSPS) is 11.4. The monoisotopic (exact) mass is 300 g/mol. The smallest absolute Gasteiger partial charge is 0.265 e. The standard InChI is InChI=1S/C17H11F3N2/c18-17(19,20)16-10-13(14-2-1-7-22-11-14)3-4-15(16)12-5-8-21-9-6-12/h1-11H. The van der Waals surface area contributed by atoms with Gasteiger partial charge in [-0.15, -0.1) is 0 Å². The number of hydrogen-bond acceptors (Lipinski definition) is 2. The van der Waals surface area contributed by atoms with Crippen LogP contribution in [0.5, 0.6) is 0 Å². The first-order valence-electron chi connectivity index (χ1n) is 6.58. The summed E-state index contributed by atoms with van der Waals surface area (Å²) >= 11 is 0. The molecule has 0 aliphatic rings. The number of aromatic nitrogens is 2. The summed E-state index contributed by atoms with van der Waals surface area (Å²) in [7, 11) is 0. The molecule has 22 heavy (non-hydrogen) atoms. The molecule has 0 amide bonds. The third kappa shape index (κ3) is 2.83. The maximum Gasteiger partial charge on any atom is 0.417 e. The van der Waals surface area contributed by atoms with Gasteiger partial charge < -0.3 is 0 Å². The first-order valence-corrected chi connectivity index (χ1v) is 6.58. The van der Waals surface area contributed by atoms with Gasteiger partial charge in [0.05, 0.1) is 5.56 Å². The number of benzene rings is 1. The van der Waals surface area contributed by atoms with Crippen LogP contribution >= 0.6 is 0 Å². The molecule has 1 aromatic carbocycles. The van der Waals surface area contributed by atoms with Gasteiger partial charge in [0.15, 0.2) is 0 Å². The molecule has 2 nitrogen and oxygen atoms in total. The van der Waals surface area contributed by atoms with E-state index in [1.54, 1.807) is 42.7 Å². The molecule has 3 rings (SSSR count). The predicted octanol–water partition coefficient (Wildman–Crippen LogP) is 4.83. The number of alkyl halides is 3. The van der Waals surface area contributed by atoms with Crippen molar-refractivity contribution in [3.05, 3.63) is 72.8 Å². The van der Waals surface area contributed by atoms with Crippen molar-refractivity contribution < 1.29 is 13.2 Å². The molecule has 2 aromatic heterocycles. The van der Waals surface area contributed by atoms with E-state index in [9.17, 15) is 13.2 Å². The van der Waals surface area contributed by atoms with E-state index in [0.717, 1.165) is 6.07 Å². The molecule has 0 saturated carbocycles. The van der Waals surface area contributed by atoms with Crippen LogP contribution in [0.25, 0.3) is 22.3 Å². The highest BCUT2D eigenvalue weighted by molar-refractivity contribution is 5.73. The molecule has 0 atom stereocenters. The van der Waals surface area contributed by atoms with Gasteiger partial charge in [-0.05, 0) is 41.0 Å². The fourth-order valence-electron chi connectivity index (χ4n) is 2.28. The largest absolute Gasteiger partial charge is 0.417 e. The highest BCUT2D eigenvalue weighted by atomic mass is 19.4. The lowest BCUT2D eigenvalue weighted by Crippen LogP contribution is -2.07. The fourth-order valence-corrected chi connectivity index (χ4v) is 2.28. The van der Waals surface area contributed by atoms with Gasteiger partial charge in [0.2, 0.25) is 0 Å². The zero-order chi connectivity index (χ0) is 15.6. The molecule has 0 N–H and O–H groups in total. The van der Waals surface area contributed by atoms with Crippen molar-refractivity contribution in [2.75, 3.05) is 0 Å². The number of pyridine rings is 2. The average Bonchev–Trinajstić information content (AvgIpc) is 2.55. The first kappa shape index (κ1) is 14.3. The summed E-state index contributed by atoms with van der Waals surface area (Å²) in [6.45, 7) is 0. The Labute approximate surface area is 125 Å². The van der Waals surface area contributed by atoms with Crippen LogP contribution in [0.15, 0.2) is 67.3 Å².